The van der Waals surface area contributed by atoms with Gasteiger partial charge in [0.1, 0.15) is 5.75 Å². The minimum Gasteiger partial charge on any atom is -0.490 e. The van der Waals surface area contributed by atoms with Crippen LogP contribution < -0.4 is 4.74 Å². The van der Waals surface area contributed by atoms with Crippen LogP contribution in [0.25, 0.3) is 0 Å². The Morgan fingerprint density at radius 2 is 1.89 bits per heavy atom. The third-order valence-electron chi connectivity index (χ3n) is 2.10. The molecule has 5 heteroatoms. The van der Waals surface area contributed by atoms with Crippen LogP contribution in [0.3, 0.4) is 0 Å². The number of allylic oxidation sites excluding steroid dienone is 3. The van der Waals surface area contributed by atoms with Gasteiger partial charge in [-0.05, 0) is 26.0 Å². The van der Waals surface area contributed by atoms with Crippen LogP contribution in [0.5, 0.6) is 5.75 Å². The van der Waals surface area contributed by atoms with Crippen molar-refractivity contribution in [2.45, 2.75) is 31.3 Å². The summed E-state index contributed by atoms with van der Waals surface area (Å²) in [6, 6.07) is 8.14. The van der Waals surface area contributed by atoms with Crippen LogP contribution in [-0.2, 0) is 21.7 Å². The van der Waals surface area contributed by atoms with Gasteiger partial charge in [-0.1, -0.05) is 12.1 Å². The molecule has 0 saturated heterocycles. The number of ether oxygens (including phenoxy) is 1. The maximum atomic E-state index is 5.77. The maximum Gasteiger partial charge on any atom is 0.133 e. The van der Waals surface area contributed by atoms with Gasteiger partial charge in [0.05, 0.1) is 11.0 Å². The van der Waals surface area contributed by atoms with Crippen LogP contribution in [0, 0.1) is 6.08 Å². The molecule has 1 aliphatic rings. The van der Waals surface area contributed by atoms with Crippen molar-refractivity contribution in [1.29, 1.82) is 0 Å². The largest absolute Gasteiger partial charge is 0.490 e. The van der Waals surface area contributed by atoms with Crippen molar-refractivity contribution in [1.82, 2.24) is 0 Å². The van der Waals surface area contributed by atoms with Crippen LogP contribution in [0.2, 0.25) is 0 Å². The summed E-state index contributed by atoms with van der Waals surface area (Å²) in [7, 11) is 0. The van der Waals surface area contributed by atoms with E-state index in [9.17, 15) is 0 Å². The van der Waals surface area contributed by atoms with Crippen LogP contribution in [0.15, 0.2) is 46.2 Å². The van der Waals surface area contributed by atoms with E-state index < -0.39 is 0 Å². The topological polar surface area (TPSA) is 9.23 Å². The molecule has 1 aromatic rings. The molecule has 0 aromatic heterocycles. The SMILES string of the molecule is CC(C)Oc1ccccc1SC1=[C-]CC=C1.Cl.Cl.[Ti]. The molecule has 0 N–H and O–H groups in total. The Hall–Kier alpha value is 0.144. The number of para-hydroxylation sites is 1. The average Bonchev–Trinajstić information content (AvgIpc) is 2.73. The van der Waals surface area contributed by atoms with E-state index >= 15 is 0 Å². The molecule has 2 rings (SSSR count). The fraction of sp³-hybridized carbons (Fsp3) is 0.286. The van der Waals surface area contributed by atoms with Crippen molar-refractivity contribution in [2.75, 3.05) is 0 Å². The normalized spacial score (nSPS) is 12.1. The Balaban J connectivity index is 0. The summed E-state index contributed by atoms with van der Waals surface area (Å²) in [5.74, 6) is 0.956. The molecule has 0 spiro atoms. The minimum atomic E-state index is 0. The fourth-order valence-corrected chi connectivity index (χ4v) is 2.38. The summed E-state index contributed by atoms with van der Waals surface area (Å²) >= 11 is 1.71. The zero-order chi connectivity index (χ0) is 11.4. The summed E-state index contributed by atoms with van der Waals surface area (Å²) < 4.78 is 5.77. The standard InChI is InChI=1S/C14H15OS.2ClH.Ti/c1-11(2)15-13-9-5-6-10-14(13)16-12-7-3-4-8-12;;;/h3,5-7,9-11H,4H2,1-2H3;2*1H;/q-1;;;. The van der Waals surface area contributed by atoms with Crippen LogP contribution in [0.4, 0.5) is 0 Å². The molecule has 1 aliphatic carbocycles. The predicted octanol–water partition coefficient (Wildman–Crippen LogP) is 5.05. The Morgan fingerprint density at radius 1 is 1.21 bits per heavy atom. The molecule has 1 aromatic carbocycles. The second-order valence-electron chi connectivity index (χ2n) is 3.86. The third-order valence-corrected chi connectivity index (χ3v) is 3.15. The third kappa shape index (κ3) is 6.92. The van der Waals surface area contributed by atoms with Gasteiger partial charge in [0.25, 0.3) is 0 Å². The number of rotatable bonds is 4. The van der Waals surface area contributed by atoms with Crippen LogP contribution in [-0.4, -0.2) is 6.10 Å². The van der Waals surface area contributed by atoms with Crippen LogP contribution >= 0.6 is 36.6 Å². The Bertz CT molecular complexity index is 433. The zero-order valence-electron chi connectivity index (χ0n) is 10.9. The minimum absolute atomic E-state index is 0. The van der Waals surface area contributed by atoms with Gasteiger partial charge in [-0.25, -0.2) is 6.08 Å². The summed E-state index contributed by atoms with van der Waals surface area (Å²) in [4.78, 5) is 2.34. The quantitative estimate of drug-likeness (QED) is 0.554. The van der Waals surface area contributed by atoms with Gasteiger partial charge in [-0.3, -0.25) is 6.08 Å². The molecule has 0 aliphatic heterocycles. The van der Waals surface area contributed by atoms with E-state index in [0.29, 0.717) is 0 Å². The van der Waals surface area contributed by atoms with Gasteiger partial charge < -0.3 is 4.74 Å². The van der Waals surface area contributed by atoms with Gasteiger partial charge in [0, 0.05) is 21.7 Å². The number of hydrogen-bond acceptors (Lipinski definition) is 2. The second kappa shape index (κ2) is 10.9. The number of benzene rings is 1. The second-order valence-corrected chi connectivity index (χ2v) is 4.95. The first kappa shape index (κ1) is 21.4. The fourth-order valence-electron chi connectivity index (χ4n) is 1.46. The van der Waals surface area contributed by atoms with E-state index in [2.05, 4.69) is 24.3 Å². The van der Waals surface area contributed by atoms with Gasteiger partial charge in [-0.2, -0.15) is 11.0 Å². The summed E-state index contributed by atoms with van der Waals surface area (Å²) in [5.41, 5.74) is 0. The molecular weight excluding hydrogens is 335 g/mol. The van der Waals surface area contributed by atoms with E-state index in [1.807, 2.05) is 32.0 Å². The first-order valence-electron chi connectivity index (χ1n) is 5.46. The van der Waals surface area contributed by atoms with Crippen LogP contribution in [0.1, 0.15) is 20.3 Å². The zero-order valence-corrected chi connectivity index (χ0v) is 14.9. The molecule has 0 heterocycles. The van der Waals surface area contributed by atoms with E-state index in [-0.39, 0.29) is 52.6 Å². The number of hydrogen-bond donors (Lipinski definition) is 0. The molecule has 0 radical (unpaired) electrons. The molecule has 0 unspecified atom stereocenters. The summed E-state index contributed by atoms with van der Waals surface area (Å²) in [6.45, 7) is 4.09. The molecular formula is C14H17Cl2OSTi-. The summed E-state index contributed by atoms with van der Waals surface area (Å²) in [6.07, 6.45) is 8.66. The Labute approximate surface area is 147 Å². The molecule has 0 amide bonds. The molecule has 19 heavy (non-hydrogen) atoms. The first-order valence-corrected chi connectivity index (χ1v) is 6.28. The maximum absolute atomic E-state index is 5.77. The Kier molecular flexibility index (Phi) is 12.3. The van der Waals surface area contributed by atoms with Crippen molar-refractivity contribution < 1.29 is 26.5 Å². The average molecular weight is 352 g/mol. The van der Waals surface area contributed by atoms with Crippen molar-refractivity contribution in [3.8, 4) is 5.75 Å². The van der Waals surface area contributed by atoms with E-state index in [0.717, 1.165) is 17.1 Å². The molecule has 0 fully saturated rings. The number of halogens is 2. The number of thioether (sulfide) groups is 1. The summed E-state index contributed by atoms with van der Waals surface area (Å²) in [5, 5.41) is 0. The van der Waals surface area contributed by atoms with Gasteiger partial charge >= 0.3 is 0 Å². The van der Waals surface area contributed by atoms with E-state index in [1.165, 1.54) is 4.91 Å². The molecule has 1 nitrogen and oxygen atoms in total. The van der Waals surface area contributed by atoms with E-state index in [4.69, 9.17) is 4.74 Å². The van der Waals surface area contributed by atoms with Gasteiger partial charge in [0.15, 0.2) is 0 Å². The molecule has 0 saturated carbocycles. The van der Waals surface area contributed by atoms with Crippen molar-refractivity contribution in [3.05, 3.63) is 47.4 Å². The molecule has 0 atom stereocenters. The van der Waals surface area contributed by atoms with Gasteiger partial charge in [-0.15, -0.1) is 43.0 Å². The van der Waals surface area contributed by atoms with Crippen molar-refractivity contribution >= 4 is 36.6 Å². The monoisotopic (exact) mass is 351 g/mol. The van der Waals surface area contributed by atoms with Crippen molar-refractivity contribution in [3.63, 3.8) is 0 Å². The van der Waals surface area contributed by atoms with Gasteiger partial charge in [0.2, 0.25) is 0 Å². The first-order chi connectivity index (χ1) is 7.75. The predicted molar refractivity (Wildman–Crippen MR) is 83.1 cm³/mol. The Morgan fingerprint density at radius 3 is 2.47 bits per heavy atom. The van der Waals surface area contributed by atoms with Crippen molar-refractivity contribution in [2.24, 2.45) is 0 Å². The molecule has 104 valence electrons. The molecule has 0 bridgehead atoms. The van der Waals surface area contributed by atoms with E-state index in [1.54, 1.807) is 11.8 Å². The smallest absolute Gasteiger partial charge is 0.133 e.